The summed E-state index contributed by atoms with van der Waals surface area (Å²) in [5.41, 5.74) is -0.644. The third-order valence-electron chi connectivity index (χ3n) is 7.26. The zero-order valence-corrected chi connectivity index (χ0v) is 25.1. The summed E-state index contributed by atoms with van der Waals surface area (Å²) in [5.74, 6) is 0.181. The molecule has 3 rings (SSSR count). The van der Waals surface area contributed by atoms with Crippen molar-refractivity contribution in [2.45, 2.75) is 82.0 Å². The molecular weight excluding hydrogens is 556 g/mol. The van der Waals surface area contributed by atoms with Gasteiger partial charge < -0.3 is 9.47 Å². The lowest BCUT2D eigenvalue weighted by molar-refractivity contribution is 0.102. The lowest BCUT2D eigenvalue weighted by Crippen LogP contribution is -2.29. The Kier molecular flexibility index (Phi) is 9.05. The van der Waals surface area contributed by atoms with Gasteiger partial charge >= 0.3 is 0 Å². The fourth-order valence-electron chi connectivity index (χ4n) is 4.09. The minimum Gasteiger partial charge on any atom is -0.488 e. The van der Waals surface area contributed by atoms with Gasteiger partial charge in [-0.05, 0) is 74.1 Å². The Balaban J connectivity index is 1.94. The Bertz CT molecular complexity index is 1550. The lowest BCUT2D eigenvalue weighted by Gasteiger charge is -2.26. The molecule has 1 aliphatic rings. The quantitative estimate of drug-likeness (QED) is 0.240. The Morgan fingerprint density at radius 2 is 1.50 bits per heavy atom. The van der Waals surface area contributed by atoms with Crippen LogP contribution in [0.3, 0.4) is 0 Å². The van der Waals surface area contributed by atoms with Gasteiger partial charge in [-0.1, -0.05) is 45.9 Å². The molecule has 0 bridgehead atoms. The van der Waals surface area contributed by atoms with Crippen LogP contribution in [0, 0.1) is 0 Å². The molecule has 2 aromatic carbocycles. The fraction of sp³-hybridized carbons (Fsp3) is 0.414. The number of carbonyl (C=O) groups is 1. The van der Waals surface area contributed by atoms with Crippen LogP contribution in [0.4, 0.5) is 0 Å². The second-order valence-corrected chi connectivity index (χ2v) is 14.0. The van der Waals surface area contributed by atoms with Crippen molar-refractivity contribution in [2.75, 3.05) is 0 Å². The number of allylic oxidation sites excluding steroid dienone is 3. The summed E-state index contributed by atoms with van der Waals surface area (Å²) in [7, 11) is -9.34. The lowest BCUT2D eigenvalue weighted by atomic mass is 9.81. The van der Waals surface area contributed by atoms with Gasteiger partial charge in [-0.15, -0.1) is 0 Å². The van der Waals surface area contributed by atoms with Gasteiger partial charge in [0.1, 0.15) is 28.1 Å². The Morgan fingerprint density at radius 1 is 0.900 bits per heavy atom. The third kappa shape index (κ3) is 7.39. The second-order valence-electron chi connectivity index (χ2n) is 11.0. The molecule has 0 saturated heterocycles. The van der Waals surface area contributed by atoms with E-state index >= 15 is 0 Å². The molecule has 0 spiro atoms. The molecule has 9 nitrogen and oxygen atoms in total. The number of rotatable bonds is 11. The monoisotopic (exact) mass is 592 g/mol. The van der Waals surface area contributed by atoms with E-state index in [1.807, 2.05) is 41.5 Å². The van der Waals surface area contributed by atoms with Gasteiger partial charge in [0.15, 0.2) is 5.78 Å². The molecule has 2 aromatic rings. The summed E-state index contributed by atoms with van der Waals surface area (Å²) >= 11 is 0. The average Bonchev–Trinajstić information content (AvgIpc) is 2.88. The third-order valence-corrected chi connectivity index (χ3v) is 9.27. The van der Waals surface area contributed by atoms with E-state index in [2.05, 4.69) is 0 Å². The van der Waals surface area contributed by atoms with Crippen LogP contribution in [0.1, 0.15) is 76.7 Å². The van der Waals surface area contributed by atoms with Crippen LogP contribution in [-0.2, 0) is 25.7 Å². The van der Waals surface area contributed by atoms with Crippen LogP contribution < -0.4 is 9.47 Å². The number of carbonyl (C=O) groups excluding carboxylic acids is 1. The van der Waals surface area contributed by atoms with Crippen molar-refractivity contribution in [2.24, 2.45) is 0 Å². The van der Waals surface area contributed by atoms with Gasteiger partial charge in [-0.25, -0.2) is 0 Å². The summed E-state index contributed by atoms with van der Waals surface area (Å²) < 4.78 is 80.3. The molecule has 11 heteroatoms. The van der Waals surface area contributed by atoms with Crippen LogP contribution >= 0.6 is 0 Å². The normalized spacial score (nSPS) is 16.6. The van der Waals surface area contributed by atoms with E-state index in [9.17, 15) is 30.7 Å². The first-order valence-corrected chi connectivity index (χ1v) is 15.8. The highest BCUT2D eigenvalue weighted by Crippen LogP contribution is 2.35. The van der Waals surface area contributed by atoms with E-state index in [-0.39, 0.29) is 27.4 Å². The summed E-state index contributed by atoms with van der Waals surface area (Å²) in [6.45, 7) is 11.4. The molecule has 0 aliphatic heterocycles. The molecule has 0 aromatic heterocycles. The Hall–Kier alpha value is -2.99. The van der Waals surface area contributed by atoms with Crippen LogP contribution in [0.2, 0.25) is 0 Å². The largest absolute Gasteiger partial charge is 0.488 e. The predicted octanol–water partition coefficient (Wildman–Crippen LogP) is 5.92. The van der Waals surface area contributed by atoms with E-state index < -0.39 is 43.1 Å². The molecule has 0 radical (unpaired) electrons. The molecule has 1 aliphatic carbocycles. The van der Waals surface area contributed by atoms with Crippen molar-refractivity contribution < 1.29 is 40.2 Å². The number of Topliss-reactive ketones (excluding diaryl/α,β-unsaturated/α-hetero) is 1. The van der Waals surface area contributed by atoms with E-state index in [1.54, 1.807) is 24.3 Å². The molecule has 2 N–H and O–H groups in total. The van der Waals surface area contributed by atoms with Gasteiger partial charge in [0, 0.05) is 17.6 Å². The van der Waals surface area contributed by atoms with Crippen molar-refractivity contribution in [1.29, 1.82) is 0 Å². The molecule has 40 heavy (non-hydrogen) atoms. The molecule has 218 valence electrons. The summed E-state index contributed by atoms with van der Waals surface area (Å²) in [4.78, 5) is 12.9. The predicted molar refractivity (Wildman–Crippen MR) is 152 cm³/mol. The van der Waals surface area contributed by atoms with Crippen LogP contribution in [-0.4, -0.2) is 42.6 Å². The van der Waals surface area contributed by atoms with E-state index in [0.717, 1.165) is 12.5 Å². The van der Waals surface area contributed by atoms with Gasteiger partial charge in [0.25, 0.3) is 20.2 Å². The summed E-state index contributed by atoms with van der Waals surface area (Å²) in [6, 6.07) is 10.6. The average molecular weight is 593 g/mol. The zero-order valence-electron chi connectivity index (χ0n) is 23.5. The second kappa shape index (κ2) is 11.5. The molecular formula is C29H36O9S2. The highest BCUT2D eigenvalue weighted by atomic mass is 32.2. The van der Waals surface area contributed by atoms with Crippen molar-refractivity contribution >= 4 is 26.0 Å². The first-order chi connectivity index (χ1) is 18.4. The molecule has 0 amide bonds. The summed E-state index contributed by atoms with van der Waals surface area (Å²) in [5, 5.41) is -1.56. The number of benzene rings is 2. The number of hydrogen-bond donors (Lipinski definition) is 2. The van der Waals surface area contributed by atoms with Crippen molar-refractivity contribution in [3.63, 3.8) is 0 Å². The Labute approximate surface area is 236 Å². The van der Waals surface area contributed by atoms with Crippen LogP contribution in [0.5, 0.6) is 11.5 Å². The van der Waals surface area contributed by atoms with Crippen LogP contribution in [0.15, 0.2) is 70.8 Å². The molecule has 1 atom stereocenters. The minimum atomic E-state index is -4.69. The first-order valence-electron chi connectivity index (χ1n) is 12.9. The number of ketones is 1. The van der Waals surface area contributed by atoms with Crippen molar-refractivity contribution in [3.8, 4) is 11.5 Å². The van der Waals surface area contributed by atoms with Gasteiger partial charge in [0.05, 0.1) is 4.90 Å². The molecule has 1 unspecified atom stereocenters. The van der Waals surface area contributed by atoms with Crippen molar-refractivity contribution in [1.82, 2.24) is 0 Å². The SMILES string of the molecule is CCC(C)(C)Oc1ccc(OC2=CC=C(C(=O)c3ccc(C(C)(C)CC)c(S(=O)(=O)O)c3)CC2S(=O)(=O)O)cc1. The van der Waals surface area contributed by atoms with E-state index in [1.165, 1.54) is 24.3 Å². The Morgan fingerprint density at radius 3 is 2.02 bits per heavy atom. The van der Waals surface area contributed by atoms with Gasteiger partial charge in [0.2, 0.25) is 0 Å². The maximum absolute atomic E-state index is 13.3. The van der Waals surface area contributed by atoms with Crippen LogP contribution in [0.25, 0.3) is 0 Å². The van der Waals surface area contributed by atoms with Gasteiger partial charge in [-0.2, -0.15) is 16.8 Å². The smallest absolute Gasteiger partial charge is 0.294 e. The minimum absolute atomic E-state index is 0.0179. The summed E-state index contributed by atoms with van der Waals surface area (Å²) in [6.07, 6.45) is 3.62. The van der Waals surface area contributed by atoms with E-state index in [0.29, 0.717) is 23.5 Å². The molecule has 0 saturated carbocycles. The molecule has 0 heterocycles. The maximum Gasteiger partial charge on any atom is 0.294 e. The first kappa shape index (κ1) is 31.5. The number of hydrogen-bond acceptors (Lipinski definition) is 7. The molecule has 0 fully saturated rings. The van der Waals surface area contributed by atoms with Crippen molar-refractivity contribution in [3.05, 3.63) is 77.1 Å². The van der Waals surface area contributed by atoms with E-state index in [4.69, 9.17) is 9.47 Å². The number of ether oxygens (including phenoxy) is 2. The highest BCUT2D eigenvalue weighted by molar-refractivity contribution is 7.86. The zero-order chi connectivity index (χ0) is 30.1. The highest BCUT2D eigenvalue weighted by Gasteiger charge is 2.35. The van der Waals surface area contributed by atoms with Gasteiger partial charge in [-0.3, -0.25) is 13.9 Å². The topological polar surface area (TPSA) is 144 Å². The fourth-order valence-corrected chi connectivity index (χ4v) is 5.80. The maximum atomic E-state index is 13.3. The standard InChI is InChI=1S/C29H36O9S2/c1-7-28(3,4)23-15-9-19(17-25(23)39(31,32)33)27(30)20-10-16-24(26(18-20)40(34,35)36)37-21-11-13-22(14-12-21)38-29(5,6)8-2/h9-17,26H,7-8,18H2,1-6H3,(H,31,32,33)(H,34,35,36).